The van der Waals surface area contributed by atoms with Crippen molar-refractivity contribution in [3.8, 4) is 5.75 Å². The van der Waals surface area contributed by atoms with Crippen molar-refractivity contribution >= 4 is 67.8 Å². The van der Waals surface area contributed by atoms with Gasteiger partial charge in [-0.25, -0.2) is 0 Å². The van der Waals surface area contributed by atoms with E-state index < -0.39 is 5.91 Å². The van der Waals surface area contributed by atoms with E-state index in [9.17, 15) is 9.59 Å². The first-order chi connectivity index (χ1) is 18.9. The average Bonchev–Trinajstić information content (AvgIpc) is 2.94. The second-order valence-electron chi connectivity index (χ2n) is 8.47. The number of nitrogens with one attached hydrogen (secondary N) is 4. The molecule has 0 aliphatic heterocycles. The van der Waals surface area contributed by atoms with Crippen molar-refractivity contribution < 1.29 is 14.3 Å². The summed E-state index contributed by atoms with van der Waals surface area (Å²) in [6.07, 6.45) is 0.810. The number of hydrogen-bond acceptors (Lipinski definition) is 5. The Labute approximate surface area is 241 Å². The monoisotopic (exact) mass is 602 g/mol. The highest BCUT2D eigenvalue weighted by Gasteiger charge is 2.17. The summed E-state index contributed by atoms with van der Waals surface area (Å²) in [6.45, 7) is 2.48. The van der Waals surface area contributed by atoms with Gasteiger partial charge in [-0.2, -0.15) is 0 Å². The molecule has 0 saturated heterocycles. The van der Waals surface area contributed by atoms with E-state index in [-0.39, 0.29) is 11.0 Å². The third kappa shape index (κ3) is 7.89. The largest absolute Gasteiger partial charge is 0.493 e. The molecular formula is C30H27BrN4O3S. The number of rotatable bonds is 9. The molecule has 4 N–H and O–H groups in total. The van der Waals surface area contributed by atoms with Crippen molar-refractivity contribution in [2.75, 3.05) is 22.6 Å². The summed E-state index contributed by atoms with van der Waals surface area (Å²) in [5.74, 6) is -0.283. The van der Waals surface area contributed by atoms with Crippen LogP contribution in [0.2, 0.25) is 0 Å². The number of carbonyl (C=O) groups excluding carboxylic acids is 2. The zero-order chi connectivity index (χ0) is 27.6. The molecule has 0 unspecified atom stereocenters. The predicted octanol–water partition coefficient (Wildman–Crippen LogP) is 7.36. The predicted molar refractivity (Wildman–Crippen MR) is 164 cm³/mol. The Balaban J connectivity index is 1.40. The van der Waals surface area contributed by atoms with Gasteiger partial charge in [0.05, 0.1) is 23.4 Å². The maximum atomic E-state index is 13.1. The van der Waals surface area contributed by atoms with E-state index in [1.54, 1.807) is 42.5 Å². The van der Waals surface area contributed by atoms with Gasteiger partial charge in [-0.1, -0.05) is 53.2 Å². The highest BCUT2D eigenvalue weighted by Crippen LogP contribution is 2.24. The van der Waals surface area contributed by atoms with Gasteiger partial charge in [-0.3, -0.25) is 14.9 Å². The first-order valence-corrected chi connectivity index (χ1v) is 13.5. The summed E-state index contributed by atoms with van der Waals surface area (Å²) in [5, 5.41) is 11.9. The van der Waals surface area contributed by atoms with E-state index >= 15 is 0 Å². The molecule has 7 nitrogen and oxygen atoms in total. The molecule has 0 aliphatic carbocycles. The number of anilines is 4. The smallest absolute Gasteiger partial charge is 0.261 e. The Kier molecular flexibility index (Phi) is 9.66. The van der Waals surface area contributed by atoms with Gasteiger partial charge in [0.25, 0.3) is 11.8 Å². The van der Waals surface area contributed by atoms with Gasteiger partial charge < -0.3 is 20.7 Å². The van der Waals surface area contributed by atoms with Crippen LogP contribution >= 0.6 is 28.1 Å². The Hall–Kier alpha value is -4.21. The van der Waals surface area contributed by atoms with Gasteiger partial charge in [-0.05, 0) is 85.4 Å². The summed E-state index contributed by atoms with van der Waals surface area (Å²) < 4.78 is 6.44. The van der Waals surface area contributed by atoms with Crippen LogP contribution in [-0.4, -0.2) is 23.5 Å². The number of para-hydroxylation sites is 2. The number of amides is 2. The molecular weight excluding hydrogens is 576 g/mol. The maximum absolute atomic E-state index is 13.1. The van der Waals surface area contributed by atoms with Gasteiger partial charge >= 0.3 is 0 Å². The third-order valence-corrected chi connectivity index (χ3v) is 6.20. The maximum Gasteiger partial charge on any atom is 0.261 e. The molecule has 0 bridgehead atoms. The minimum absolute atomic E-state index is 0.0537. The SMILES string of the molecule is CCCOc1ccc(Br)cc1C(=O)NC(=S)Nc1ccccc1C(=O)Nc1ccc(Nc2ccccc2)cc1. The second-order valence-corrected chi connectivity index (χ2v) is 9.79. The van der Waals surface area contributed by atoms with Gasteiger partial charge in [-0.15, -0.1) is 0 Å². The van der Waals surface area contributed by atoms with Crippen LogP contribution in [0.25, 0.3) is 0 Å². The molecule has 198 valence electrons. The lowest BCUT2D eigenvalue weighted by molar-refractivity contribution is 0.0972. The fourth-order valence-electron chi connectivity index (χ4n) is 3.66. The van der Waals surface area contributed by atoms with Crippen LogP contribution in [0.15, 0.2) is 102 Å². The molecule has 0 radical (unpaired) electrons. The Morgan fingerprint density at radius 1 is 0.769 bits per heavy atom. The molecule has 4 aromatic carbocycles. The minimum Gasteiger partial charge on any atom is -0.493 e. The summed E-state index contributed by atoms with van der Waals surface area (Å²) in [6, 6.07) is 29.4. The molecule has 0 atom stereocenters. The number of carbonyl (C=O) groups is 2. The Bertz CT molecular complexity index is 1460. The van der Waals surface area contributed by atoms with E-state index in [4.69, 9.17) is 17.0 Å². The number of benzene rings is 4. The van der Waals surface area contributed by atoms with Crippen molar-refractivity contribution in [1.29, 1.82) is 0 Å². The quantitative estimate of drug-likeness (QED) is 0.150. The lowest BCUT2D eigenvalue weighted by Crippen LogP contribution is -2.35. The molecule has 9 heteroatoms. The van der Waals surface area contributed by atoms with E-state index in [1.165, 1.54) is 0 Å². The molecule has 0 heterocycles. The minimum atomic E-state index is -0.425. The van der Waals surface area contributed by atoms with Crippen molar-refractivity contribution in [2.45, 2.75) is 13.3 Å². The van der Waals surface area contributed by atoms with E-state index in [0.717, 1.165) is 22.3 Å². The van der Waals surface area contributed by atoms with Crippen molar-refractivity contribution in [3.63, 3.8) is 0 Å². The lowest BCUT2D eigenvalue weighted by Gasteiger charge is -2.15. The van der Waals surface area contributed by atoms with Crippen LogP contribution in [0.1, 0.15) is 34.1 Å². The molecule has 0 aromatic heterocycles. The normalized spacial score (nSPS) is 10.3. The summed E-state index contributed by atoms with van der Waals surface area (Å²) in [4.78, 5) is 26.1. The third-order valence-electron chi connectivity index (χ3n) is 5.50. The van der Waals surface area contributed by atoms with Gasteiger partial charge in [0.1, 0.15) is 5.75 Å². The highest BCUT2D eigenvalue weighted by molar-refractivity contribution is 9.10. The standard InChI is InChI=1S/C30H27BrN4O3S/c1-2-18-38-27-17-12-20(31)19-25(27)29(37)35-30(39)34-26-11-7-6-10-24(26)28(36)33-23-15-13-22(14-16-23)32-21-8-4-3-5-9-21/h3-17,19,32H,2,18H2,1H3,(H,33,36)(H2,34,35,37,39). The molecule has 2 amide bonds. The van der Waals surface area contributed by atoms with Crippen molar-refractivity contribution in [2.24, 2.45) is 0 Å². The van der Waals surface area contributed by atoms with Crippen LogP contribution in [0.4, 0.5) is 22.7 Å². The van der Waals surface area contributed by atoms with Crippen LogP contribution in [0.3, 0.4) is 0 Å². The molecule has 4 rings (SSSR count). The number of ether oxygens (including phenoxy) is 1. The fraction of sp³-hybridized carbons (Fsp3) is 0.100. The number of halogens is 1. The molecule has 0 fully saturated rings. The molecule has 0 aliphatic rings. The Morgan fingerprint density at radius 3 is 2.18 bits per heavy atom. The zero-order valence-corrected chi connectivity index (χ0v) is 23.6. The molecule has 4 aromatic rings. The molecule has 0 saturated carbocycles. The zero-order valence-electron chi connectivity index (χ0n) is 21.2. The molecule has 0 spiro atoms. The van der Waals surface area contributed by atoms with Gasteiger partial charge in [0, 0.05) is 21.5 Å². The van der Waals surface area contributed by atoms with Crippen LogP contribution in [-0.2, 0) is 0 Å². The summed E-state index contributed by atoms with van der Waals surface area (Å²) in [7, 11) is 0. The molecule has 39 heavy (non-hydrogen) atoms. The van der Waals surface area contributed by atoms with Crippen LogP contribution in [0, 0.1) is 0 Å². The van der Waals surface area contributed by atoms with E-state index in [2.05, 4.69) is 37.2 Å². The highest BCUT2D eigenvalue weighted by atomic mass is 79.9. The van der Waals surface area contributed by atoms with E-state index in [0.29, 0.717) is 34.9 Å². The number of thiocarbonyl (C=S) groups is 1. The summed E-state index contributed by atoms with van der Waals surface area (Å²) in [5.41, 5.74) is 3.68. The number of hydrogen-bond donors (Lipinski definition) is 4. The second kappa shape index (κ2) is 13.5. The topological polar surface area (TPSA) is 91.5 Å². The average molecular weight is 604 g/mol. The van der Waals surface area contributed by atoms with Crippen molar-refractivity contribution in [3.05, 3.63) is 113 Å². The van der Waals surface area contributed by atoms with Gasteiger partial charge in [0.15, 0.2) is 5.11 Å². The fourth-order valence-corrected chi connectivity index (χ4v) is 4.22. The van der Waals surface area contributed by atoms with Crippen LogP contribution < -0.4 is 26.0 Å². The van der Waals surface area contributed by atoms with Crippen molar-refractivity contribution in [1.82, 2.24) is 5.32 Å². The summed E-state index contributed by atoms with van der Waals surface area (Å²) >= 11 is 8.78. The van der Waals surface area contributed by atoms with Crippen LogP contribution in [0.5, 0.6) is 5.75 Å². The first-order valence-electron chi connectivity index (χ1n) is 12.3. The van der Waals surface area contributed by atoms with E-state index in [1.807, 2.05) is 61.5 Å². The Morgan fingerprint density at radius 2 is 1.44 bits per heavy atom. The lowest BCUT2D eigenvalue weighted by atomic mass is 10.1. The first kappa shape index (κ1) is 27.8. The van der Waals surface area contributed by atoms with Gasteiger partial charge in [0.2, 0.25) is 0 Å².